The molecule has 6 heteroatoms. The first-order chi connectivity index (χ1) is 10.7. The summed E-state index contributed by atoms with van der Waals surface area (Å²) < 4.78 is 26.0. The molecule has 1 rings (SSSR count). The van der Waals surface area contributed by atoms with Crippen LogP contribution in [0.1, 0.15) is 39.2 Å². The Labute approximate surface area is 136 Å². The van der Waals surface area contributed by atoms with Gasteiger partial charge in [0.2, 0.25) is 0 Å². The third kappa shape index (κ3) is 7.41. The molecule has 130 valence electrons. The predicted molar refractivity (Wildman–Crippen MR) is 86.2 cm³/mol. The van der Waals surface area contributed by atoms with E-state index in [1.807, 2.05) is 20.8 Å². The Balaban J connectivity index is 2.34. The molecule has 0 bridgehead atoms. The molecule has 1 unspecified atom stereocenters. The fraction of sp³-hybridized carbons (Fsp3) is 0.588. The van der Waals surface area contributed by atoms with Crippen molar-refractivity contribution in [2.75, 3.05) is 13.2 Å². The van der Waals surface area contributed by atoms with Crippen LogP contribution in [0, 0.1) is 17.0 Å². The number of carbonyl (C=O) groups excluding carboxylic acids is 1. The molecule has 0 aliphatic heterocycles. The number of halogens is 2. The van der Waals surface area contributed by atoms with Gasteiger partial charge in [-0.2, -0.15) is 0 Å². The van der Waals surface area contributed by atoms with Gasteiger partial charge >= 0.3 is 6.03 Å². The standard InChI is InChI=1S/C17H26F2N2O2/c1-12(4-5-13-6-7-14(18)15(19)10-13)21-16(23)20-11-17(2,3)8-9-22/h6-7,10,12,22H,4-5,8-9,11H2,1-3H3,(H2,20,21,23). The van der Waals surface area contributed by atoms with Crippen molar-refractivity contribution in [2.45, 2.75) is 46.1 Å². The van der Waals surface area contributed by atoms with E-state index in [4.69, 9.17) is 5.11 Å². The third-order valence-corrected chi connectivity index (χ3v) is 3.74. The normalized spacial score (nSPS) is 12.8. The number of aryl methyl sites for hydroxylation is 1. The molecule has 4 nitrogen and oxygen atoms in total. The van der Waals surface area contributed by atoms with E-state index in [9.17, 15) is 13.6 Å². The van der Waals surface area contributed by atoms with Crippen molar-refractivity contribution in [3.05, 3.63) is 35.4 Å². The van der Waals surface area contributed by atoms with Gasteiger partial charge in [-0.1, -0.05) is 19.9 Å². The second-order valence-corrected chi connectivity index (χ2v) is 6.65. The van der Waals surface area contributed by atoms with Crippen LogP contribution in [0.2, 0.25) is 0 Å². The fourth-order valence-electron chi connectivity index (χ4n) is 2.14. The third-order valence-electron chi connectivity index (χ3n) is 3.74. The molecule has 0 aromatic heterocycles. The predicted octanol–water partition coefficient (Wildman–Crippen LogP) is 2.99. The second kappa shape index (κ2) is 8.82. The molecule has 23 heavy (non-hydrogen) atoms. The first kappa shape index (κ1) is 19.4. The number of aliphatic hydroxyl groups is 1. The van der Waals surface area contributed by atoms with E-state index < -0.39 is 11.6 Å². The van der Waals surface area contributed by atoms with Crippen molar-refractivity contribution < 1.29 is 18.7 Å². The Morgan fingerprint density at radius 1 is 1.30 bits per heavy atom. The topological polar surface area (TPSA) is 61.4 Å². The summed E-state index contributed by atoms with van der Waals surface area (Å²) in [4.78, 5) is 11.8. The van der Waals surface area contributed by atoms with Crippen molar-refractivity contribution in [3.8, 4) is 0 Å². The van der Waals surface area contributed by atoms with E-state index in [0.717, 1.165) is 6.07 Å². The van der Waals surface area contributed by atoms with Crippen molar-refractivity contribution in [3.63, 3.8) is 0 Å². The molecule has 1 atom stereocenters. The van der Waals surface area contributed by atoms with Crippen LogP contribution < -0.4 is 10.6 Å². The van der Waals surface area contributed by atoms with E-state index in [-0.39, 0.29) is 24.1 Å². The molecule has 2 amide bonds. The van der Waals surface area contributed by atoms with Gasteiger partial charge in [0, 0.05) is 19.2 Å². The summed E-state index contributed by atoms with van der Waals surface area (Å²) in [6.45, 7) is 6.35. The van der Waals surface area contributed by atoms with Crippen LogP contribution in [0.3, 0.4) is 0 Å². The molecule has 3 N–H and O–H groups in total. The summed E-state index contributed by atoms with van der Waals surface area (Å²) in [5.41, 5.74) is 0.531. The zero-order valence-electron chi connectivity index (χ0n) is 14.0. The number of benzene rings is 1. The molecule has 0 saturated carbocycles. The molecule has 1 aromatic rings. The highest BCUT2D eigenvalue weighted by Gasteiger charge is 2.18. The van der Waals surface area contributed by atoms with Crippen molar-refractivity contribution in [2.24, 2.45) is 5.41 Å². The molecule has 1 aromatic carbocycles. The quantitative estimate of drug-likeness (QED) is 0.687. The number of urea groups is 1. The summed E-state index contributed by atoms with van der Waals surface area (Å²) in [7, 11) is 0. The highest BCUT2D eigenvalue weighted by molar-refractivity contribution is 5.74. The Morgan fingerprint density at radius 3 is 2.61 bits per heavy atom. The summed E-state index contributed by atoms with van der Waals surface area (Å²) in [6, 6.07) is 3.47. The minimum absolute atomic E-state index is 0.0843. The van der Waals surface area contributed by atoms with Crippen LogP contribution in [-0.2, 0) is 6.42 Å². The molecule has 0 aliphatic carbocycles. The summed E-state index contributed by atoms with van der Waals surface area (Å²) in [6.07, 6.45) is 1.78. The number of amides is 2. The number of nitrogens with one attached hydrogen (secondary N) is 2. The van der Waals surface area contributed by atoms with Crippen molar-refractivity contribution in [1.82, 2.24) is 10.6 Å². The van der Waals surface area contributed by atoms with Crippen LogP contribution in [0.15, 0.2) is 18.2 Å². The molecule has 0 aliphatic rings. The lowest BCUT2D eigenvalue weighted by Crippen LogP contribution is -2.44. The maximum Gasteiger partial charge on any atom is 0.315 e. The highest BCUT2D eigenvalue weighted by Crippen LogP contribution is 2.17. The molecule has 0 saturated heterocycles. The molecular formula is C17H26F2N2O2. The first-order valence-electron chi connectivity index (χ1n) is 7.82. The summed E-state index contributed by atoms with van der Waals surface area (Å²) in [5.74, 6) is -1.71. The fourth-order valence-corrected chi connectivity index (χ4v) is 2.14. The van der Waals surface area contributed by atoms with E-state index >= 15 is 0 Å². The van der Waals surface area contributed by atoms with Gasteiger partial charge in [-0.25, -0.2) is 13.6 Å². The Kier molecular flexibility index (Phi) is 7.42. The SMILES string of the molecule is CC(CCc1ccc(F)c(F)c1)NC(=O)NCC(C)(C)CCO. The lowest BCUT2D eigenvalue weighted by atomic mass is 9.90. The van der Waals surface area contributed by atoms with Gasteiger partial charge in [-0.05, 0) is 49.3 Å². The van der Waals surface area contributed by atoms with Gasteiger partial charge in [-0.15, -0.1) is 0 Å². The molecule has 0 fully saturated rings. The molecule has 0 spiro atoms. The smallest absolute Gasteiger partial charge is 0.315 e. The van der Waals surface area contributed by atoms with E-state index in [1.165, 1.54) is 6.07 Å². The average molecular weight is 328 g/mol. The minimum Gasteiger partial charge on any atom is -0.396 e. The highest BCUT2D eigenvalue weighted by atomic mass is 19.2. The molecule has 0 heterocycles. The average Bonchev–Trinajstić information content (AvgIpc) is 2.46. The van der Waals surface area contributed by atoms with Gasteiger partial charge in [-0.3, -0.25) is 0 Å². The Morgan fingerprint density at radius 2 is 2.00 bits per heavy atom. The number of hydrogen-bond acceptors (Lipinski definition) is 2. The van der Waals surface area contributed by atoms with Crippen LogP contribution >= 0.6 is 0 Å². The monoisotopic (exact) mass is 328 g/mol. The van der Waals surface area contributed by atoms with E-state index in [1.54, 1.807) is 6.07 Å². The van der Waals surface area contributed by atoms with Gasteiger partial charge in [0.15, 0.2) is 11.6 Å². The number of aliphatic hydroxyl groups excluding tert-OH is 1. The van der Waals surface area contributed by atoms with E-state index in [0.29, 0.717) is 31.4 Å². The van der Waals surface area contributed by atoms with Crippen LogP contribution in [0.5, 0.6) is 0 Å². The van der Waals surface area contributed by atoms with E-state index in [2.05, 4.69) is 10.6 Å². The maximum atomic E-state index is 13.1. The number of rotatable bonds is 8. The van der Waals surface area contributed by atoms with Gasteiger partial charge in [0.25, 0.3) is 0 Å². The number of carbonyl (C=O) groups is 1. The summed E-state index contributed by atoms with van der Waals surface area (Å²) >= 11 is 0. The first-order valence-corrected chi connectivity index (χ1v) is 7.82. The minimum atomic E-state index is -0.857. The zero-order valence-corrected chi connectivity index (χ0v) is 14.0. The second-order valence-electron chi connectivity index (χ2n) is 6.65. The maximum absolute atomic E-state index is 13.1. The zero-order chi connectivity index (χ0) is 17.5. The molecular weight excluding hydrogens is 302 g/mol. The lowest BCUT2D eigenvalue weighted by molar-refractivity contribution is 0.200. The van der Waals surface area contributed by atoms with Gasteiger partial charge in [0.1, 0.15) is 0 Å². The Bertz CT molecular complexity index is 521. The lowest BCUT2D eigenvalue weighted by Gasteiger charge is -2.24. The van der Waals surface area contributed by atoms with Crippen molar-refractivity contribution in [1.29, 1.82) is 0 Å². The number of hydrogen-bond donors (Lipinski definition) is 3. The summed E-state index contributed by atoms with van der Waals surface area (Å²) in [5, 5.41) is 14.5. The van der Waals surface area contributed by atoms with Gasteiger partial charge < -0.3 is 15.7 Å². The van der Waals surface area contributed by atoms with Crippen LogP contribution in [-0.4, -0.2) is 30.3 Å². The largest absolute Gasteiger partial charge is 0.396 e. The van der Waals surface area contributed by atoms with Crippen LogP contribution in [0.25, 0.3) is 0 Å². The Hall–Kier alpha value is -1.69. The molecule has 0 radical (unpaired) electrons. The van der Waals surface area contributed by atoms with Crippen LogP contribution in [0.4, 0.5) is 13.6 Å². The van der Waals surface area contributed by atoms with Crippen molar-refractivity contribution >= 4 is 6.03 Å². The van der Waals surface area contributed by atoms with Gasteiger partial charge in [0.05, 0.1) is 0 Å².